The number of amides is 2. The first kappa shape index (κ1) is 14.3. The Morgan fingerprint density at radius 2 is 2.11 bits per heavy atom. The highest BCUT2D eigenvalue weighted by Crippen LogP contribution is 2.32. The molecule has 2 saturated heterocycles. The summed E-state index contributed by atoms with van der Waals surface area (Å²) >= 11 is 0. The Kier molecular flexibility index (Phi) is 4.42. The molecule has 1 unspecified atom stereocenters. The van der Waals surface area contributed by atoms with Gasteiger partial charge in [0.15, 0.2) is 0 Å². The second kappa shape index (κ2) is 5.88. The number of hydrogen-bond acceptors (Lipinski definition) is 4. The van der Waals surface area contributed by atoms with Crippen LogP contribution < -0.4 is 11.1 Å². The molecular formula is C13H23N3O3. The van der Waals surface area contributed by atoms with Crippen LogP contribution in [0.5, 0.6) is 0 Å². The Balaban J connectivity index is 1.97. The van der Waals surface area contributed by atoms with E-state index in [4.69, 9.17) is 10.5 Å². The van der Waals surface area contributed by atoms with Gasteiger partial charge in [-0.15, -0.1) is 0 Å². The second-order valence-electron chi connectivity index (χ2n) is 5.53. The zero-order chi connectivity index (χ0) is 13.9. The van der Waals surface area contributed by atoms with Gasteiger partial charge in [0.05, 0.1) is 5.41 Å². The van der Waals surface area contributed by atoms with E-state index >= 15 is 0 Å². The number of carbonyl (C=O) groups excluding carboxylic acids is 2. The topological polar surface area (TPSA) is 84.7 Å². The third-order valence-electron chi connectivity index (χ3n) is 4.18. The monoisotopic (exact) mass is 269 g/mol. The molecule has 2 heterocycles. The maximum Gasteiger partial charge on any atom is 0.230 e. The predicted octanol–water partition coefficient (Wildman–Crippen LogP) is -0.521. The van der Waals surface area contributed by atoms with Gasteiger partial charge in [-0.05, 0) is 19.3 Å². The number of nitrogens with two attached hydrogens (primary N) is 1. The van der Waals surface area contributed by atoms with Gasteiger partial charge < -0.3 is 20.7 Å². The highest BCUT2D eigenvalue weighted by atomic mass is 16.5. The highest BCUT2D eigenvalue weighted by molar-refractivity contribution is 5.83. The second-order valence-corrected chi connectivity index (χ2v) is 5.53. The van der Waals surface area contributed by atoms with Gasteiger partial charge in [-0.1, -0.05) is 0 Å². The minimum absolute atomic E-state index is 0.0427. The molecule has 0 aromatic carbocycles. The van der Waals surface area contributed by atoms with Crippen molar-refractivity contribution < 1.29 is 14.3 Å². The van der Waals surface area contributed by atoms with E-state index in [-0.39, 0.29) is 17.9 Å². The molecule has 2 aliphatic rings. The number of carbonyl (C=O) groups is 2. The largest absolute Gasteiger partial charge is 0.381 e. The summed E-state index contributed by atoms with van der Waals surface area (Å²) in [5, 5.41) is 2.87. The zero-order valence-electron chi connectivity index (χ0n) is 11.5. The normalized spacial score (nSPS) is 26.2. The van der Waals surface area contributed by atoms with Crippen molar-refractivity contribution in [3.8, 4) is 0 Å². The first-order valence-electron chi connectivity index (χ1n) is 6.92. The standard InChI is InChI=1S/C13H23N3O3/c1-10(17)15-11-2-5-16(8-11)12(18)13(9-14)3-6-19-7-4-13/h11H,2-9,14H2,1H3,(H,15,17). The molecule has 6 nitrogen and oxygen atoms in total. The fraction of sp³-hybridized carbons (Fsp3) is 0.846. The SMILES string of the molecule is CC(=O)NC1CCN(C(=O)C2(CN)CCOCC2)C1. The van der Waals surface area contributed by atoms with E-state index < -0.39 is 5.41 Å². The average Bonchev–Trinajstić information content (AvgIpc) is 2.86. The molecule has 2 rings (SSSR count). The van der Waals surface area contributed by atoms with Gasteiger partial charge >= 0.3 is 0 Å². The van der Waals surface area contributed by atoms with Crippen molar-refractivity contribution in [2.24, 2.45) is 11.1 Å². The lowest BCUT2D eigenvalue weighted by Crippen LogP contribution is -2.51. The van der Waals surface area contributed by atoms with Crippen LogP contribution in [0.15, 0.2) is 0 Å². The molecule has 6 heteroatoms. The summed E-state index contributed by atoms with van der Waals surface area (Å²) in [5.74, 6) is 0.0880. The van der Waals surface area contributed by atoms with Crippen LogP contribution in [0.1, 0.15) is 26.2 Å². The number of rotatable bonds is 3. The molecular weight excluding hydrogens is 246 g/mol. The van der Waals surface area contributed by atoms with Gasteiger partial charge in [-0.2, -0.15) is 0 Å². The molecule has 0 aliphatic carbocycles. The van der Waals surface area contributed by atoms with Crippen molar-refractivity contribution >= 4 is 11.8 Å². The maximum atomic E-state index is 12.7. The fourth-order valence-electron chi connectivity index (χ4n) is 2.95. The van der Waals surface area contributed by atoms with Gasteiger partial charge in [0.25, 0.3) is 0 Å². The third-order valence-corrected chi connectivity index (χ3v) is 4.18. The number of nitrogens with zero attached hydrogens (tertiary/aromatic N) is 1. The van der Waals surface area contributed by atoms with Gasteiger partial charge in [-0.3, -0.25) is 9.59 Å². The van der Waals surface area contributed by atoms with E-state index in [2.05, 4.69) is 5.32 Å². The Morgan fingerprint density at radius 1 is 1.42 bits per heavy atom. The molecule has 19 heavy (non-hydrogen) atoms. The van der Waals surface area contributed by atoms with Crippen molar-refractivity contribution in [3.63, 3.8) is 0 Å². The van der Waals surface area contributed by atoms with E-state index in [1.165, 1.54) is 6.92 Å². The minimum Gasteiger partial charge on any atom is -0.381 e. The van der Waals surface area contributed by atoms with Crippen LogP contribution in [-0.4, -0.2) is 55.6 Å². The summed E-state index contributed by atoms with van der Waals surface area (Å²) in [5.41, 5.74) is 5.39. The van der Waals surface area contributed by atoms with E-state index in [1.807, 2.05) is 4.90 Å². The van der Waals surface area contributed by atoms with Crippen LogP contribution >= 0.6 is 0 Å². The minimum atomic E-state index is -0.455. The van der Waals surface area contributed by atoms with Gasteiger partial charge in [0.1, 0.15) is 0 Å². The quantitative estimate of drug-likeness (QED) is 0.722. The molecule has 2 amide bonds. The Morgan fingerprint density at radius 3 is 2.68 bits per heavy atom. The van der Waals surface area contributed by atoms with Crippen LogP contribution in [0.2, 0.25) is 0 Å². The van der Waals surface area contributed by atoms with Gasteiger partial charge in [-0.25, -0.2) is 0 Å². The summed E-state index contributed by atoms with van der Waals surface area (Å²) in [6, 6.07) is 0.0797. The van der Waals surface area contributed by atoms with E-state index in [9.17, 15) is 9.59 Å². The molecule has 2 aliphatic heterocycles. The van der Waals surface area contributed by atoms with Crippen LogP contribution in [0.4, 0.5) is 0 Å². The molecule has 0 radical (unpaired) electrons. The number of hydrogen-bond donors (Lipinski definition) is 2. The van der Waals surface area contributed by atoms with E-state index in [0.29, 0.717) is 45.7 Å². The number of likely N-dealkylation sites (tertiary alicyclic amines) is 1. The molecule has 0 saturated carbocycles. The first-order valence-corrected chi connectivity index (χ1v) is 6.92. The first-order chi connectivity index (χ1) is 9.07. The number of nitrogens with one attached hydrogen (secondary N) is 1. The summed E-state index contributed by atoms with van der Waals surface area (Å²) in [6.45, 7) is 4.38. The highest BCUT2D eigenvalue weighted by Gasteiger charge is 2.43. The summed E-state index contributed by atoms with van der Waals surface area (Å²) in [6.07, 6.45) is 2.22. The van der Waals surface area contributed by atoms with Crippen molar-refractivity contribution in [1.29, 1.82) is 0 Å². The van der Waals surface area contributed by atoms with E-state index in [0.717, 1.165) is 6.42 Å². The lowest BCUT2D eigenvalue weighted by atomic mass is 9.79. The van der Waals surface area contributed by atoms with Crippen molar-refractivity contribution in [2.75, 3.05) is 32.8 Å². The molecule has 0 aromatic heterocycles. The van der Waals surface area contributed by atoms with Crippen molar-refractivity contribution in [1.82, 2.24) is 10.2 Å². The van der Waals surface area contributed by atoms with Gasteiger partial charge in [0.2, 0.25) is 11.8 Å². The Bertz CT molecular complexity index is 353. The van der Waals surface area contributed by atoms with Gasteiger partial charge in [0, 0.05) is 45.8 Å². The molecule has 0 spiro atoms. The number of ether oxygens (including phenoxy) is 1. The molecule has 2 fully saturated rings. The van der Waals surface area contributed by atoms with Crippen molar-refractivity contribution in [3.05, 3.63) is 0 Å². The molecule has 108 valence electrons. The molecule has 3 N–H and O–H groups in total. The lowest BCUT2D eigenvalue weighted by molar-refractivity contribution is -0.146. The smallest absolute Gasteiger partial charge is 0.230 e. The van der Waals surface area contributed by atoms with Crippen LogP contribution in [0.25, 0.3) is 0 Å². The zero-order valence-corrected chi connectivity index (χ0v) is 11.5. The summed E-state index contributed by atoms with van der Waals surface area (Å²) < 4.78 is 5.33. The fourth-order valence-corrected chi connectivity index (χ4v) is 2.95. The van der Waals surface area contributed by atoms with Crippen LogP contribution in [0, 0.1) is 5.41 Å². The predicted molar refractivity (Wildman–Crippen MR) is 70.3 cm³/mol. The van der Waals surface area contributed by atoms with Crippen LogP contribution in [-0.2, 0) is 14.3 Å². The third kappa shape index (κ3) is 3.06. The van der Waals surface area contributed by atoms with Crippen LogP contribution in [0.3, 0.4) is 0 Å². The average molecular weight is 269 g/mol. The Labute approximate surface area is 113 Å². The molecule has 0 bridgehead atoms. The maximum absolute atomic E-state index is 12.7. The summed E-state index contributed by atoms with van der Waals surface area (Å²) in [7, 11) is 0. The van der Waals surface area contributed by atoms with E-state index in [1.54, 1.807) is 0 Å². The molecule has 1 atom stereocenters. The molecule has 0 aromatic rings. The summed E-state index contributed by atoms with van der Waals surface area (Å²) in [4.78, 5) is 25.6. The van der Waals surface area contributed by atoms with Crippen molar-refractivity contribution in [2.45, 2.75) is 32.2 Å². The Hall–Kier alpha value is -1.14. The lowest BCUT2D eigenvalue weighted by Gasteiger charge is -2.37.